The van der Waals surface area contributed by atoms with Gasteiger partial charge in [-0.15, -0.1) is 0 Å². The molecule has 1 aromatic heterocycles. The number of phenols is 1. The van der Waals surface area contributed by atoms with Gasteiger partial charge in [0.15, 0.2) is 9.84 Å². The van der Waals surface area contributed by atoms with E-state index >= 15 is 0 Å². The maximum atomic E-state index is 13.4. The maximum absolute atomic E-state index is 13.4. The molecule has 0 aliphatic carbocycles. The van der Waals surface area contributed by atoms with Crippen molar-refractivity contribution in [3.8, 4) is 17.0 Å². The van der Waals surface area contributed by atoms with Crippen LogP contribution in [0.3, 0.4) is 0 Å². The van der Waals surface area contributed by atoms with E-state index in [4.69, 9.17) is 0 Å². The predicted molar refractivity (Wildman–Crippen MR) is 112 cm³/mol. The number of para-hydroxylation sites is 1. The van der Waals surface area contributed by atoms with Crippen molar-refractivity contribution in [2.75, 3.05) is 11.5 Å². The molecule has 30 heavy (non-hydrogen) atoms. The molecule has 5 rings (SSSR count). The van der Waals surface area contributed by atoms with E-state index in [2.05, 4.69) is 10.2 Å². The first-order chi connectivity index (χ1) is 14.4. The Morgan fingerprint density at radius 3 is 2.53 bits per heavy atom. The summed E-state index contributed by atoms with van der Waals surface area (Å²) in [7, 11) is -3.17. The van der Waals surface area contributed by atoms with Crippen LogP contribution in [0.5, 0.6) is 5.75 Å². The standard InChI is InChI=1S/C22H21N3O4S/c1-13-6-8-14(9-7-13)21-18-19(16-4-2-3-5-17(16)26)23-24-20(18)22(27)25(21)15-10-11-30(28,29)12-15/h2-9,15,21,26H,10-12H2,1H3,(H,23,24)/t15-,21+/m0/s1. The Hall–Kier alpha value is -3.13. The number of carbonyl (C=O) groups is 1. The first-order valence-electron chi connectivity index (χ1n) is 9.82. The first-order valence-corrected chi connectivity index (χ1v) is 11.6. The second kappa shape index (κ2) is 6.70. The fraction of sp³-hybridized carbons (Fsp3) is 0.273. The molecule has 8 heteroatoms. The summed E-state index contributed by atoms with van der Waals surface area (Å²) in [6.45, 7) is 1.99. The molecule has 0 saturated carbocycles. The number of amides is 1. The van der Waals surface area contributed by atoms with Crippen LogP contribution in [0, 0.1) is 6.92 Å². The number of carbonyl (C=O) groups excluding carboxylic acids is 1. The summed E-state index contributed by atoms with van der Waals surface area (Å²) in [5, 5.41) is 17.6. The lowest BCUT2D eigenvalue weighted by Crippen LogP contribution is -2.40. The highest BCUT2D eigenvalue weighted by Crippen LogP contribution is 2.46. The normalized spacial score (nSPS) is 22.4. The van der Waals surface area contributed by atoms with Gasteiger partial charge in [0.1, 0.15) is 17.1 Å². The van der Waals surface area contributed by atoms with Gasteiger partial charge in [0.2, 0.25) is 0 Å². The van der Waals surface area contributed by atoms with Gasteiger partial charge in [0, 0.05) is 17.2 Å². The van der Waals surface area contributed by atoms with Crippen molar-refractivity contribution in [3.05, 3.63) is 70.9 Å². The van der Waals surface area contributed by atoms with Crippen LogP contribution in [0.25, 0.3) is 11.3 Å². The minimum atomic E-state index is -3.17. The number of rotatable bonds is 3. The van der Waals surface area contributed by atoms with Gasteiger partial charge >= 0.3 is 0 Å². The van der Waals surface area contributed by atoms with Crippen molar-refractivity contribution >= 4 is 15.7 Å². The summed E-state index contributed by atoms with van der Waals surface area (Å²) in [5.74, 6) is -0.138. The monoisotopic (exact) mass is 423 g/mol. The van der Waals surface area contributed by atoms with Crippen LogP contribution >= 0.6 is 0 Å². The van der Waals surface area contributed by atoms with E-state index in [0.29, 0.717) is 28.9 Å². The summed E-state index contributed by atoms with van der Waals surface area (Å²) in [6, 6.07) is 13.9. The quantitative estimate of drug-likeness (QED) is 0.674. The first kappa shape index (κ1) is 18.9. The topological polar surface area (TPSA) is 103 Å². The molecule has 2 aliphatic heterocycles. The number of aromatic amines is 1. The van der Waals surface area contributed by atoms with E-state index in [1.54, 1.807) is 29.2 Å². The van der Waals surface area contributed by atoms with E-state index in [1.165, 1.54) is 0 Å². The lowest BCUT2D eigenvalue weighted by Gasteiger charge is -2.31. The summed E-state index contributed by atoms with van der Waals surface area (Å²) < 4.78 is 24.3. The van der Waals surface area contributed by atoms with Crippen LogP contribution < -0.4 is 0 Å². The third-order valence-electron chi connectivity index (χ3n) is 5.96. The summed E-state index contributed by atoms with van der Waals surface area (Å²) >= 11 is 0. The van der Waals surface area contributed by atoms with Gasteiger partial charge in [-0.3, -0.25) is 9.89 Å². The zero-order chi connectivity index (χ0) is 21.0. The Balaban J connectivity index is 1.69. The van der Waals surface area contributed by atoms with Crippen LogP contribution in [-0.2, 0) is 9.84 Å². The number of aryl methyl sites for hydroxylation is 1. The Morgan fingerprint density at radius 1 is 1.13 bits per heavy atom. The number of nitrogens with zero attached hydrogens (tertiary/aromatic N) is 2. The highest BCUT2D eigenvalue weighted by Gasteiger charge is 2.48. The van der Waals surface area contributed by atoms with Crippen molar-refractivity contribution in [3.63, 3.8) is 0 Å². The van der Waals surface area contributed by atoms with Crippen molar-refractivity contribution in [1.82, 2.24) is 15.1 Å². The third kappa shape index (κ3) is 2.90. The summed E-state index contributed by atoms with van der Waals surface area (Å²) in [5.41, 5.74) is 4.03. The van der Waals surface area contributed by atoms with Crippen molar-refractivity contribution in [2.45, 2.75) is 25.4 Å². The molecule has 0 spiro atoms. The van der Waals surface area contributed by atoms with Crippen LogP contribution in [0.15, 0.2) is 48.5 Å². The molecule has 2 N–H and O–H groups in total. The maximum Gasteiger partial charge on any atom is 0.273 e. The van der Waals surface area contributed by atoms with Gasteiger partial charge in [-0.2, -0.15) is 5.10 Å². The molecule has 2 aromatic carbocycles. The molecule has 0 radical (unpaired) electrons. The number of benzene rings is 2. The second-order valence-corrected chi connectivity index (χ2v) is 10.2. The van der Waals surface area contributed by atoms with Crippen molar-refractivity contribution < 1.29 is 18.3 Å². The Kier molecular flexibility index (Phi) is 4.21. The zero-order valence-corrected chi connectivity index (χ0v) is 17.2. The van der Waals surface area contributed by atoms with Gasteiger partial charge in [-0.25, -0.2) is 8.42 Å². The Morgan fingerprint density at radius 2 is 1.87 bits per heavy atom. The molecule has 1 amide bonds. The number of aromatic hydroxyl groups is 1. The van der Waals surface area contributed by atoms with Gasteiger partial charge in [0.25, 0.3) is 5.91 Å². The largest absolute Gasteiger partial charge is 0.507 e. The number of phenolic OH excluding ortho intramolecular Hbond substituents is 1. The molecule has 2 atom stereocenters. The lowest BCUT2D eigenvalue weighted by molar-refractivity contribution is 0.0678. The number of nitrogens with one attached hydrogen (secondary N) is 1. The van der Waals surface area contributed by atoms with E-state index < -0.39 is 21.9 Å². The average Bonchev–Trinajstić information content (AvgIpc) is 3.37. The molecule has 2 aliphatic rings. The molecule has 3 heterocycles. The minimum Gasteiger partial charge on any atom is -0.507 e. The molecule has 1 saturated heterocycles. The Labute approximate surface area is 174 Å². The second-order valence-electron chi connectivity index (χ2n) is 7.96. The molecular weight excluding hydrogens is 402 g/mol. The van der Waals surface area contributed by atoms with Gasteiger partial charge < -0.3 is 10.0 Å². The minimum absolute atomic E-state index is 0.0370. The van der Waals surface area contributed by atoms with E-state index in [1.807, 2.05) is 31.2 Å². The number of aromatic nitrogens is 2. The number of sulfone groups is 1. The number of H-pyrrole nitrogens is 1. The fourth-order valence-electron chi connectivity index (χ4n) is 4.49. The molecular formula is C22H21N3O4S. The molecule has 154 valence electrons. The zero-order valence-electron chi connectivity index (χ0n) is 16.4. The van der Waals surface area contributed by atoms with E-state index in [9.17, 15) is 18.3 Å². The average molecular weight is 423 g/mol. The lowest BCUT2D eigenvalue weighted by atomic mass is 9.94. The van der Waals surface area contributed by atoms with E-state index in [-0.39, 0.29) is 23.2 Å². The van der Waals surface area contributed by atoms with Gasteiger partial charge in [0.05, 0.1) is 17.5 Å². The Bertz CT molecular complexity index is 1250. The molecule has 7 nitrogen and oxygen atoms in total. The SMILES string of the molecule is Cc1ccc([C@@H]2c3c(-c4ccccc4O)n[nH]c3C(=O)N2[C@H]2CCS(=O)(=O)C2)cc1. The van der Waals surface area contributed by atoms with E-state index in [0.717, 1.165) is 11.1 Å². The van der Waals surface area contributed by atoms with Gasteiger partial charge in [-0.1, -0.05) is 42.0 Å². The summed E-state index contributed by atoms with van der Waals surface area (Å²) in [6.07, 6.45) is 0.417. The van der Waals surface area contributed by atoms with Crippen LogP contribution in [0.4, 0.5) is 0 Å². The number of hydrogen-bond donors (Lipinski definition) is 2. The highest BCUT2D eigenvalue weighted by molar-refractivity contribution is 7.91. The number of fused-ring (bicyclic) bond motifs is 1. The fourth-order valence-corrected chi connectivity index (χ4v) is 6.20. The van der Waals surface area contributed by atoms with Crippen LogP contribution in [0.1, 0.15) is 39.6 Å². The summed E-state index contributed by atoms with van der Waals surface area (Å²) in [4.78, 5) is 15.1. The van der Waals surface area contributed by atoms with Crippen molar-refractivity contribution in [1.29, 1.82) is 0 Å². The molecule has 0 unspecified atom stereocenters. The highest BCUT2D eigenvalue weighted by atomic mass is 32.2. The van der Waals surface area contributed by atoms with Crippen molar-refractivity contribution in [2.24, 2.45) is 0 Å². The molecule has 1 fully saturated rings. The smallest absolute Gasteiger partial charge is 0.273 e. The van der Waals surface area contributed by atoms with Crippen LogP contribution in [0.2, 0.25) is 0 Å². The molecule has 3 aromatic rings. The van der Waals surface area contributed by atoms with Crippen LogP contribution in [-0.4, -0.2) is 52.1 Å². The van der Waals surface area contributed by atoms with Gasteiger partial charge in [-0.05, 0) is 31.0 Å². The number of hydrogen-bond acceptors (Lipinski definition) is 5. The third-order valence-corrected chi connectivity index (χ3v) is 7.71. The predicted octanol–water partition coefficient (Wildman–Crippen LogP) is 2.82. The molecule has 0 bridgehead atoms.